The van der Waals surface area contributed by atoms with E-state index in [1.807, 2.05) is 6.07 Å². The molecular weight excluding hydrogens is 205 g/mol. The van der Waals surface area contributed by atoms with Gasteiger partial charge in [0.25, 0.3) is 0 Å². The molecule has 1 aromatic carbocycles. The van der Waals surface area contributed by atoms with Crippen LogP contribution in [0.25, 0.3) is 0 Å². The third kappa shape index (κ3) is 2.51. The molecule has 0 radical (unpaired) electrons. The zero-order valence-corrected chi connectivity index (χ0v) is 9.59. The minimum Gasteiger partial charge on any atom is -0.385 e. The number of rotatable bonds is 3. The van der Waals surface area contributed by atoms with E-state index in [1.54, 1.807) is 13.1 Å². The summed E-state index contributed by atoms with van der Waals surface area (Å²) in [6.45, 7) is 4.91. The van der Waals surface area contributed by atoms with Gasteiger partial charge in [0.05, 0.1) is 5.69 Å². The van der Waals surface area contributed by atoms with E-state index in [1.165, 1.54) is 6.07 Å². The molecule has 2 N–H and O–H groups in total. The van der Waals surface area contributed by atoms with E-state index < -0.39 is 0 Å². The van der Waals surface area contributed by atoms with Crippen molar-refractivity contribution >= 4 is 5.69 Å². The van der Waals surface area contributed by atoms with E-state index in [0.29, 0.717) is 5.69 Å². The molecule has 0 bridgehead atoms. The summed E-state index contributed by atoms with van der Waals surface area (Å²) in [5.41, 5.74) is 1.66. The summed E-state index contributed by atoms with van der Waals surface area (Å²) in [5.74, 6) is -0.171. The average Bonchev–Trinajstić information content (AvgIpc) is 2.31. The first-order chi connectivity index (χ1) is 7.81. The molecule has 16 heavy (non-hydrogen) atoms. The second-order valence-electron chi connectivity index (χ2n) is 4.05. The van der Waals surface area contributed by atoms with Gasteiger partial charge in [0.2, 0.25) is 0 Å². The van der Waals surface area contributed by atoms with Gasteiger partial charge >= 0.3 is 0 Å². The van der Waals surface area contributed by atoms with Crippen LogP contribution in [-0.2, 0) is 6.54 Å². The lowest BCUT2D eigenvalue weighted by Gasteiger charge is -2.28. The maximum Gasteiger partial charge on any atom is 0.146 e. The molecule has 0 aromatic heterocycles. The zero-order chi connectivity index (χ0) is 11.4. The molecule has 2 rings (SSSR count). The predicted molar refractivity (Wildman–Crippen MR) is 64.1 cm³/mol. The summed E-state index contributed by atoms with van der Waals surface area (Å²) in [7, 11) is 1.76. The standard InChI is InChI=1S/C12H18FN3/c1-14-12-10(3-2-4-11(12)13)9-16-7-5-15-6-8-16/h2-4,14-15H,5-9H2,1H3. The molecular formula is C12H18FN3. The van der Waals surface area contributed by atoms with Gasteiger partial charge in [-0.1, -0.05) is 12.1 Å². The van der Waals surface area contributed by atoms with Crippen molar-refractivity contribution in [3.8, 4) is 0 Å². The second kappa shape index (κ2) is 5.27. The Kier molecular flexibility index (Phi) is 3.74. The van der Waals surface area contributed by atoms with Gasteiger partial charge in [-0.25, -0.2) is 4.39 Å². The van der Waals surface area contributed by atoms with Crippen LogP contribution in [0.4, 0.5) is 10.1 Å². The largest absolute Gasteiger partial charge is 0.385 e. The number of hydrogen-bond donors (Lipinski definition) is 2. The van der Waals surface area contributed by atoms with E-state index in [4.69, 9.17) is 0 Å². The molecule has 1 fully saturated rings. The van der Waals surface area contributed by atoms with Gasteiger partial charge in [0.1, 0.15) is 5.82 Å². The number of piperazine rings is 1. The number of nitrogens with one attached hydrogen (secondary N) is 2. The highest BCUT2D eigenvalue weighted by Crippen LogP contribution is 2.20. The first-order valence-corrected chi connectivity index (χ1v) is 5.69. The second-order valence-corrected chi connectivity index (χ2v) is 4.05. The van der Waals surface area contributed by atoms with Crippen molar-refractivity contribution in [1.82, 2.24) is 10.2 Å². The van der Waals surface area contributed by atoms with Gasteiger partial charge in [-0.15, -0.1) is 0 Å². The molecule has 1 aliphatic rings. The smallest absolute Gasteiger partial charge is 0.146 e. The van der Waals surface area contributed by atoms with Crippen LogP contribution in [0, 0.1) is 5.82 Å². The van der Waals surface area contributed by atoms with Crippen LogP contribution in [0.2, 0.25) is 0 Å². The summed E-state index contributed by atoms with van der Waals surface area (Å²) in [6, 6.07) is 5.25. The molecule has 1 aromatic rings. The first-order valence-electron chi connectivity index (χ1n) is 5.69. The van der Waals surface area contributed by atoms with Crippen molar-refractivity contribution in [2.45, 2.75) is 6.54 Å². The molecule has 0 saturated carbocycles. The van der Waals surface area contributed by atoms with Crippen molar-refractivity contribution in [3.05, 3.63) is 29.6 Å². The Bertz CT molecular complexity index is 348. The maximum absolute atomic E-state index is 13.5. The lowest BCUT2D eigenvalue weighted by molar-refractivity contribution is 0.233. The van der Waals surface area contributed by atoms with E-state index in [2.05, 4.69) is 15.5 Å². The highest BCUT2D eigenvalue weighted by molar-refractivity contribution is 5.51. The minimum atomic E-state index is -0.171. The summed E-state index contributed by atoms with van der Waals surface area (Å²) >= 11 is 0. The molecule has 0 spiro atoms. The fourth-order valence-corrected chi connectivity index (χ4v) is 2.09. The summed E-state index contributed by atoms with van der Waals surface area (Å²) in [4.78, 5) is 2.34. The molecule has 0 unspecified atom stereocenters. The van der Waals surface area contributed by atoms with Gasteiger partial charge in [-0.05, 0) is 11.6 Å². The molecule has 0 amide bonds. The van der Waals surface area contributed by atoms with Crippen LogP contribution in [-0.4, -0.2) is 38.1 Å². The average molecular weight is 223 g/mol. The maximum atomic E-state index is 13.5. The van der Waals surface area contributed by atoms with Crippen LogP contribution in [0.15, 0.2) is 18.2 Å². The van der Waals surface area contributed by atoms with Crippen LogP contribution >= 0.6 is 0 Å². The number of hydrogen-bond acceptors (Lipinski definition) is 3. The third-order valence-electron chi connectivity index (χ3n) is 2.95. The highest BCUT2D eigenvalue weighted by atomic mass is 19.1. The summed E-state index contributed by atoms with van der Waals surface area (Å²) in [6.07, 6.45) is 0. The quantitative estimate of drug-likeness (QED) is 0.808. The summed E-state index contributed by atoms with van der Waals surface area (Å²) in [5, 5.41) is 6.25. The lowest BCUT2D eigenvalue weighted by atomic mass is 10.1. The highest BCUT2D eigenvalue weighted by Gasteiger charge is 2.13. The fraction of sp³-hybridized carbons (Fsp3) is 0.500. The van der Waals surface area contributed by atoms with Crippen LogP contribution < -0.4 is 10.6 Å². The van der Waals surface area contributed by atoms with Crippen LogP contribution in [0.3, 0.4) is 0 Å². The molecule has 3 nitrogen and oxygen atoms in total. The fourth-order valence-electron chi connectivity index (χ4n) is 2.09. The van der Waals surface area contributed by atoms with Crippen molar-refractivity contribution < 1.29 is 4.39 Å². The number of anilines is 1. The number of halogens is 1. The van der Waals surface area contributed by atoms with Gasteiger partial charge in [0.15, 0.2) is 0 Å². The monoisotopic (exact) mass is 223 g/mol. The van der Waals surface area contributed by atoms with E-state index in [9.17, 15) is 4.39 Å². The molecule has 1 heterocycles. The Hall–Kier alpha value is -1.13. The molecule has 1 saturated heterocycles. The molecule has 1 aliphatic heterocycles. The lowest BCUT2D eigenvalue weighted by Crippen LogP contribution is -2.43. The van der Waals surface area contributed by atoms with Crippen molar-refractivity contribution in [2.75, 3.05) is 38.5 Å². The number of nitrogens with zero attached hydrogens (tertiary/aromatic N) is 1. The Balaban J connectivity index is 2.10. The van der Waals surface area contributed by atoms with E-state index in [-0.39, 0.29) is 5.82 Å². The van der Waals surface area contributed by atoms with Gasteiger partial charge in [0, 0.05) is 39.8 Å². The minimum absolute atomic E-state index is 0.171. The Morgan fingerprint density at radius 3 is 2.81 bits per heavy atom. The first kappa shape index (κ1) is 11.4. The summed E-state index contributed by atoms with van der Waals surface area (Å²) < 4.78 is 13.5. The Morgan fingerprint density at radius 2 is 2.12 bits per heavy atom. The van der Waals surface area contributed by atoms with E-state index >= 15 is 0 Å². The SMILES string of the molecule is CNc1c(F)cccc1CN1CCNCC1. The Labute approximate surface area is 95.6 Å². The van der Waals surface area contributed by atoms with Gasteiger partial charge in [-0.3, -0.25) is 4.90 Å². The molecule has 0 atom stereocenters. The molecule has 4 heteroatoms. The van der Waals surface area contributed by atoms with Crippen molar-refractivity contribution in [2.24, 2.45) is 0 Å². The normalized spacial score (nSPS) is 17.4. The topological polar surface area (TPSA) is 27.3 Å². The van der Waals surface area contributed by atoms with Crippen LogP contribution in [0.5, 0.6) is 0 Å². The van der Waals surface area contributed by atoms with Crippen molar-refractivity contribution in [1.29, 1.82) is 0 Å². The van der Waals surface area contributed by atoms with Crippen molar-refractivity contribution in [3.63, 3.8) is 0 Å². The number of benzene rings is 1. The third-order valence-corrected chi connectivity index (χ3v) is 2.95. The van der Waals surface area contributed by atoms with Gasteiger partial charge < -0.3 is 10.6 Å². The Morgan fingerprint density at radius 1 is 1.38 bits per heavy atom. The molecule has 0 aliphatic carbocycles. The zero-order valence-electron chi connectivity index (χ0n) is 9.59. The predicted octanol–water partition coefficient (Wildman–Crippen LogP) is 1.27. The number of para-hydroxylation sites is 1. The molecule has 88 valence electrons. The van der Waals surface area contributed by atoms with Gasteiger partial charge in [-0.2, -0.15) is 0 Å². The van der Waals surface area contributed by atoms with Crippen LogP contribution in [0.1, 0.15) is 5.56 Å². The van der Waals surface area contributed by atoms with E-state index in [0.717, 1.165) is 38.3 Å².